The molecule has 0 saturated carbocycles. The predicted octanol–water partition coefficient (Wildman–Crippen LogP) is 6.01. The van der Waals surface area contributed by atoms with Gasteiger partial charge in [0.05, 0.1) is 22.0 Å². The first-order valence-corrected chi connectivity index (χ1v) is 12.6. The van der Waals surface area contributed by atoms with Crippen molar-refractivity contribution in [2.24, 2.45) is 0 Å². The zero-order valence-corrected chi connectivity index (χ0v) is 21.4. The molecule has 2 heterocycles. The Morgan fingerprint density at radius 3 is 2.80 bits per heavy atom. The van der Waals surface area contributed by atoms with Gasteiger partial charge in [-0.15, -0.1) is 0 Å². The highest BCUT2D eigenvalue weighted by Gasteiger charge is 2.34. The number of rotatable bonds is 6. The van der Waals surface area contributed by atoms with Crippen molar-refractivity contribution in [2.75, 3.05) is 13.2 Å². The summed E-state index contributed by atoms with van der Waals surface area (Å²) < 4.78 is 14.2. The van der Waals surface area contributed by atoms with E-state index in [1.807, 2.05) is 24.3 Å². The van der Waals surface area contributed by atoms with Crippen LogP contribution in [0.3, 0.4) is 0 Å². The van der Waals surface area contributed by atoms with Crippen molar-refractivity contribution in [1.29, 1.82) is 0 Å². The minimum atomic E-state index is -0.0457. The Balaban J connectivity index is 1.42. The van der Waals surface area contributed by atoms with Gasteiger partial charge in [0.2, 0.25) is 0 Å². The molecule has 0 aliphatic carbocycles. The van der Waals surface area contributed by atoms with E-state index in [1.54, 1.807) is 4.90 Å². The summed E-state index contributed by atoms with van der Waals surface area (Å²) in [5, 5.41) is 0. The minimum Gasteiger partial charge on any atom is -0.488 e. The summed E-state index contributed by atoms with van der Waals surface area (Å²) in [5.41, 5.74) is 2.03. The minimum absolute atomic E-state index is 0.0457. The lowest BCUT2D eigenvalue weighted by molar-refractivity contribution is -0.123. The van der Waals surface area contributed by atoms with Gasteiger partial charge in [-0.2, -0.15) is 0 Å². The Hall–Kier alpha value is -0.940. The van der Waals surface area contributed by atoms with Crippen LogP contribution in [-0.2, 0) is 16.1 Å². The Labute approximate surface area is 207 Å². The number of ether oxygens (including phenoxy) is 2. The zero-order valence-electron chi connectivity index (χ0n) is 16.0. The van der Waals surface area contributed by atoms with Gasteiger partial charge in [-0.05, 0) is 92.8 Å². The highest BCUT2D eigenvalue weighted by molar-refractivity contribution is 14.1. The lowest BCUT2D eigenvalue weighted by Crippen LogP contribution is -2.35. The highest BCUT2D eigenvalue weighted by atomic mass is 127. The molecule has 4 nitrogen and oxygen atoms in total. The first-order valence-electron chi connectivity index (χ1n) is 9.53. The van der Waals surface area contributed by atoms with Gasteiger partial charge in [0.15, 0.2) is 0 Å². The van der Waals surface area contributed by atoms with Crippen LogP contribution in [0.15, 0.2) is 51.8 Å². The summed E-state index contributed by atoms with van der Waals surface area (Å²) in [6.45, 7) is 1.80. The fourth-order valence-corrected chi connectivity index (χ4v) is 5.41. The summed E-state index contributed by atoms with van der Waals surface area (Å²) in [4.78, 5) is 15.1. The molecule has 2 aromatic rings. The number of carbonyl (C=O) groups is 1. The van der Waals surface area contributed by atoms with E-state index in [4.69, 9.17) is 21.7 Å². The molecule has 0 spiro atoms. The second kappa shape index (κ2) is 10.1. The van der Waals surface area contributed by atoms with E-state index >= 15 is 0 Å². The Morgan fingerprint density at radius 1 is 1.30 bits per heavy atom. The van der Waals surface area contributed by atoms with Gasteiger partial charge in [0, 0.05) is 10.2 Å². The van der Waals surface area contributed by atoms with Gasteiger partial charge < -0.3 is 9.47 Å². The number of carbonyl (C=O) groups excluding carboxylic acids is 1. The van der Waals surface area contributed by atoms with Crippen LogP contribution in [0, 0.1) is 3.57 Å². The number of nitrogens with zero attached hydrogens (tertiary/aromatic N) is 1. The molecule has 0 unspecified atom stereocenters. The first-order chi connectivity index (χ1) is 14.5. The van der Waals surface area contributed by atoms with Crippen molar-refractivity contribution in [3.8, 4) is 5.75 Å². The molecule has 4 rings (SSSR count). The van der Waals surface area contributed by atoms with Crippen LogP contribution in [-0.4, -0.2) is 34.4 Å². The van der Waals surface area contributed by atoms with Crippen LogP contribution < -0.4 is 4.74 Å². The molecule has 8 heteroatoms. The van der Waals surface area contributed by atoms with Crippen molar-refractivity contribution in [3.05, 3.63) is 66.5 Å². The number of benzene rings is 2. The fourth-order valence-electron chi connectivity index (χ4n) is 3.27. The third kappa shape index (κ3) is 5.45. The zero-order chi connectivity index (χ0) is 21.1. The molecule has 2 aliphatic rings. The SMILES string of the molecule is O=C1/C(=C/c2ccc(OCc3ccc(I)cc3)c(Br)c2)SC(=S)N1C[C@@H]1CCCO1. The molecule has 1 atom stereocenters. The Bertz CT molecular complexity index is 990. The molecule has 2 fully saturated rings. The van der Waals surface area contributed by atoms with E-state index in [-0.39, 0.29) is 12.0 Å². The molecule has 2 aromatic carbocycles. The maximum absolute atomic E-state index is 12.8. The van der Waals surface area contributed by atoms with Crippen LogP contribution in [0.1, 0.15) is 24.0 Å². The van der Waals surface area contributed by atoms with Gasteiger partial charge >= 0.3 is 0 Å². The maximum atomic E-state index is 12.8. The average Bonchev–Trinajstić information content (AvgIpc) is 3.33. The number of thioether (sulfide) groups is 1. The molecule has 0 aromatic heterocycles. The first kappa shape index (κ1) is 22.3. The van der Waals surface area contributed by atoms with Crippen molar-refractivity contribution < 1.29 is 14.3 Å². The molecular weight excluding hydrogens is 597 g/mol. The third-order valence-corrected chi connectivity index (χ3v) is 7.56. The molecule has 30 heavy (non-hydrogen) atoms. The fraction of sp³-hybridized carbons (Fsp3) is 0.273. The summed E-state index contributed by atoms with van der Waals surface area (Å²) >= 11 is 12.6. The molecule has 156 valence electrons. The number of thiocarbonyl (C=S) groups is 1. The van der Waals surface area contributed by atoms with Crippen LogP contribution >= 0.6 is 62.5 Å². The molecule has 1 amide bonds. The van der Waals surface area contributed by atoms with Crippen LogP contribution in [0.25, 0.3) is 6.08 Å². The largest absolute Gasteiger partial charge is 0.488 e. The summed E-state index contributed by atoms with van der Waals surface area (Å²) in [5.74, 6) is 0.715. The predicted molar refractivity (Wildman–Crippen MR) is 136 cm³/mol. The monoisotopic (exact) mass is 615 g/mol. The normalized spacial score (nSPS) is 20.4. The van der Waals surface area contributed by atoms with E-state index in [9.17, 15) is 4.79 Å². The molecule has 0 bridgehead atoms. The van der Waals surface area contributed by atoms with E-state index in [0.717, 1.165) is 40.8 Å². The molecular formula is C22H19BrINO3S2. The number of hydrogen-bond acceptors (Lipinski definition) is 5. The third-order valence-electron chi connectivity index (χ3n) is 4.85. The maximum Gasteiger partial charge on any atom is 0.266 e. The Kier molecular flexibility index (Phi) is 7.51. The quantitative estimate of drug-likeness (QED) is 0.226. The summed E-state index contributed by atoms with van der Waals surface area (Å²) in [7, 11) is 0. The van der Waals surface area contributed by atoms with E-state index < -0.39 is 0 Å². The number of hydrogen-bond donors (Lipinski definition) is 0. The van der Waals surface area contributed by atoms with Crippen molar-refractivity contribution in [2.45, 2.75) is 25.6 Å². The topological polar surface area (TPSA) is 38.8 Å². The van der Waals surface area contributed by atoms with Crippen molar-refractivity contribution in [1.82, 2.24) is 4.90 Å². The van der Waals surface area contributed by atoms with Crippen LogP contribution in [0.5, 0.6) is 5.75 Å². The standard InChI is InChI=1S/C22H19BrINO3S2/c23-18-10-15(5-8-19(18)28-13-14-3-6-16(24)7-4-14)11-20-21(26)25(22(29)30-20)12-17-2-1-9-27-17/h3-8,10-11,17H,1-2,9,12-13H2/b20-11-/t17-/m0/s1. The second-order valence-corrected chi connectivity index (χ2v) is 10.8. The smallest absolute Gasteiger partial charge is 0.266 e. The highest BCUT2D eigenvalue weighted by Crippen LogP contribution is 2.35. The summed E-state index contributed by atoms with van der Waals surface area (Å²) in [6, 6.07) is 14.1. The van der Waals surface area contributed by atoms with Crippen molar-refractivity contribution >= 4 is 78.8 Å². The molecule has 2 saturated heterocycles. The van der Waals surface area contributed by atoms with E-state index in [0.29, 0.717) is 22.4 Å². The second-order valence-electron chi connectivity index (χ2n) is 7.03. The van der Waals surface area contributed by atoms with Gasteiger partial charge in [0.1, 0.15) is 16.7 Å². The van der Waals surface area contributed by atoms with E-state index in [1.165, 1.54) is 15.3 Å². The van der Waals surface area contributed by atoms with Gasteiger partial charge in [-0.3, -0.25) is 9.69 Å². The van der Waals surface area contributed by atoms with Crippen molar-refractivity contribution in [3.63, 3.8) is 0 Å². The van der Waals surface area contributed by atoms with E-state index in [2.05, 4.69) is 62.8 Å². The molecule has 2 aliphatic heterocycles. The number of halogens is 2. The average molecular weight is 616 g/mol. The van der Waals surface area contributed by atoms with Gasteiger partial charge in [-0.25, -0.2) is 0 Å². The summed E-state index contributed by atoms with van der Waals surface area (Å²) in [6.07, 6.45) is 3.99. The van der Waals surface area contributed by atoms with Crippen LogP contribution in [0.4, 0.5) is 0 Å². The van der Waals surface area contributed by atoms with Crippen LogP contribution in [0.2, 0.25) is 0 Å². The molecule has 0 N–H and O–H groups in total. The lowest BCUT2D eigenvalue weighted by Gasteiger charge is -2.18. The van der Waals surface area contributed by atoms with Gasteiger partial charge in [0.25, 0.3) is 5.91 Å². The lowest BCUT2D eigenvalue weighted by atomic mass is 10.2. The molecule has 0 radical (unpaired) electrons. The Morgan fingerprint density at radius 2 is 2.10 bits per heavy atom. The number of amides is 1. The van der Waals surface area contributed by atoms with Gasteiger partial charge in [-0.1, -0.05) is 42.2 Å².